The molecule has 4 nitrogen and oxygen atoms in total. The van der Waals surface area contributed by atoms with Gasteiger partial charge in [0.15, 0.2) is 0 Å². The van der Waals surface area contributed by atoms with Crippen molar-refractivity contribution in [2.45, 2.75) is 0 Å². The van der Waals surface area contributed by atoms with Crippen molar-refractivity contribution in [2.75, 3.05) is 0 Å². The van der Waals surface area contributed by atoms with Gasteiger partial charge in [-0.15, -0.1) is 5.10 Å². The Balaban J connectivity index is 2.92. The number of guanidine groups is 1. The van der Waals surface area contributed by atoms with Crippen LogP contribution in [-0.4, -0.2) is 12.2 Å². The fraction of sp³-hybridized carbons (Fsp3) is 0. The Labute approximate surface area is 85.1 Å². The first kappa shape index (κ1) is 10.5. The summed E-state index contributed by atoms with van der Waals surface area (Å²) in [6.07, 6.45) is 1.27. The van der Waals surface area contributed by atoms with Crippen LogP contribution in [0.3, 0.4) is 0 Å². The van der Waals surface area contributed by atoms with Crippen LogP contribution in [0.2, 0.25) is 5.02 Å². The predicted molar refractivity (Wildman–Crippen MR) is 54.8 cm³/mol. The van der Waals surface area contributed by atoms with Gasteiger partial charge in [0, 0.05) is 5.56 Å². The van der Waals surface area contributed by atoms with E-state index in [0.29, 0.717) is 5.56 Å². The third-order valence-corrected chi connectivity index (χ3v) is 1.75. The van der Waals surface area contributed by atoms with Gasteiger partial charge < -0.3 is 11.5 Å². The van der Waals surface area contributed by atoms with E-state index in [2.05, 4.69) is 10.2 Å². The van der Waals surface area contributed by atoms with E-state index in [1.165, 1.54) is 18.3 Å². The van der Waals surface area contributed by atoms with Crippen LogP contribution in [0.15, 0.2) is 28.4 Å². The van der Waals surface area contributed by atoms with E-state index in [1.54, 1.807) is 6.07 Å². The van der Waals surface area contributed by atoms with E-state index in [0.717, 1.165) is 0 Å². The lowest BCUT2D eigenvalue weighted by Gasteiger charge is -1.96. The minimum absolute atomic E-state index is 0.0120. The molecule has 0 spiro atoms. The smallest absolute Gasteiger partial charge is 0.211 e. The normalized spacial score (nSPS) is 10.4. The fourth-order valence-electron chi connectivity index (χ4n) is 0.778. The summed E-state index contributed by atoms with van der Waals surface area (Å²) in [5.74, 6) is -0.686. The standard InChI is InChI=1S/C8H8ClFN4/c9-7-5(2-1-3-6(7)10)4-13-14-8(11)12/h1-4H,(H4,11,12,14)/b13-4+. The summed E-state index contributed by atoms with van der Waals surface area (Å²) in [6, 6.07) is 4.36. The SMILES string of the molecule is NC(N)=N/N=C/c1cccc(F)c1Cl. The lowest BCUT2D eigenvalue weighted by atomic mass is 10.2. The summed E-state index contributed by atoms with van der Waals surface area (Å²) in [4.78, 5) is 0. The molecular formula is C8H8ClFN4. The van der Waals surface area contributed by atoms with Crippen molar-refractivity contribution in [3.8, 4) is 0 Å². The average Bonchev–Trinajstić information content (AvgIpc) is 2.12. The van der Waals surface area contributed by atoms with Crippen LogP contribution >= 0.6 is 11.6 Å². The summed E-state index contributed by atoms with van der Waals surface area (Å²) >= 11 is 5.63. The van der Waals surface area contributed by atoms with Crippen molar-refractivity contribution >= 4 is 23.8 Å². The van der Waals surface area contributed by atoms with Crippen LogP contribution < -0.4 is 11.5 Å². The first-order chi connectivity index (χ1) is 6.61. The van der Waals surface area contributed by atoms with Crippen molar-refractivity contribution in [1.29, 1.82) is 0 Å². The van der Waals surface area contributed by atoms with Crippen molar-refractivity contribution in [1.82, 2.24) is 0 Å². The van der Waals surface area contributed by atoms with E-state index >= 15 is 0 Å². The van der Waals surface area contributed by atoms with Gasteiger partial charge >= 0.3 is 0 Å². The minimum Gasteiger partial charge on any atom is -0.369 e. The van der Waals surface area contributed by atoms with Gasteiger partial charge in [-0.2, -0.15) is 5.10 Å². The quantitative estimate of drug-likeness (QED) is 0.439. The Morgan fingerprint density at radius 1 is 1.43 bits per heavy atom. The van der Waals surface area contributed by atoms with Gasteiger partial charge in [0.1, 0.15) is 5.82 Å². The molecule has 0 saturated heterocycles. The van der Waals surface area contributed by atoms with E-state index in [4.69, 9.17) is 23.1 Å². The van der Waals surface area contributed by atoms with Crippen molar-refractivity contribution in [3.63, 3.8) is 0 Å². The highest BCUT2D eigenvalue weighted by Gasteiger charge is 2.02. The highest BCUT2D eigenvalue weighted by Crippen LogP contribution is 2.17. The molecule has 0 unspecified atom stereocenters. The second kappa shape index (κ2) is 4.57. The second-order valence-electron chi connectivity index (χ2n) is 2.41. The zero-order valence-electron chi connectivity index (χ0n) is 7.11. The second-order valence-corrected chi connectivity index (χ2v) is 2.79. The van der Waals surface area contributed by atoms with Crippen molar-refractivity contribution < 1.29 is 4.39 Å². The van der Waals surface area contributed by atoms with Crippen LogP contribution in [0.5, 0.6) is 0 Å². The summed E-state index contributed by atoms with van der Waals surface area (Å²) in [5.41, 5.74) is 10.5. The molecule has 0 fully saturated rings. The predicted octanol–water partition coefficient (Wildman–Crippen LogP) is 1.09. The molecule has 1 aromatic carbocycles. The largest absolute Gasteiger partial charge is 0.369 e. The fourth-order valence-corrected chi connectivity index (χ4v) is 0.953. The Kier molecular flexibility index (Phi) is 3.41. The van der Waals surface area contributed by atoms with E-state index < -0.39 is 5.82 Å². The molecule has 0 bridgehead atoms. The number of nitrogens with zero attached hydrogens (tertiary/aromatic N) is 2. The topological polar surface area (TPSA) is 76.8 Å². The minimum atomic E-state index is -0.514. The maximum atomic E-state index is 12.9. The Morgan fingerprint density at radius 2 is 2.14 bits per heavy atom. The van der Waals surface area contributed by atoms with Gasteiger partial charge in [-0.25, -0.2) is 4.39 Å². The molecule has 4 N–H and O–H groups in total. The highest BCUT2D eigenvalue weighted by molar-refractivity contribution is 6.33. The van der Waals surface area contributed by atoms with Crippen LogP contribution in [0.1, 0.15) is 5.56 Å². The van der Waals surface area contributed by atoms with Crippen LogP contribution in [0, 0.1) is 5.82 Å². The number of nitrogens with two attached hydrogens (primary N) is 2. The van der Waals surface area contributed by atoms with Crippen LogP contribution in [-0.2, 0) is 0 Å². The van der Waals surface area contributed by atoms with Gasteiger partial charge in [-0.3, -0.25) is 0 Å². The van der Waals surface area contributed by atoms with Gasteiger partial charge in [-0.05, 0) is 6.07 Å². The molecule has 0 saturated carbocycles. The van der Waals surface area contributed by atoms with Gasteiger partial charge in [0.2, 0.25) is 5.96 Å². The zero-order chi connectivity index (χ0) is 10.6. The first-order valence-electron chi connectivity index (χ1n) is 3.67. The van der Waals surface area contributed by atoms with Crippen LogP contribution in [0.4, 0.5) is 4.39 Å². The summed E-state index contributed by atoms with van der Waals surface area (Å²) in [6.45, 7) is 0. The molecule has 0 aromatic heterocycles. The number of hydrogen-bond donors (Lipinski definition) is 2. The number of benzene rings is 1. The molecule has 0 atom stereocenters. The van der Waals surface area contributed by atoms with E-state index in [9.17, 15) is 4.39 Å². The molecule has 0 aliphatic heterocycles. The summed E-state index contributed by atoms with van der Waals surface area (Å²) in [5, 5.41) is 6.84. The average molecular weight is 215 g/mol. The first-order valence-corrected chi connectivity index (χ1v) is 4.05. The van der Waals surface area contributed by atoms with Gasteiger partial charge in [0.25, 0.3) is 0 Å². The van der Waals surface area contributed by atoms with Crippen molar-refractivity contribution in [2.24, 2.45) is 21.7 Å². The molecular weight excluding hydrogens is 207 g/mol. The third-order valence-electron chi connectivity index (χ3n) is 1.35. The number of halogens is 2. The Morgan fingerprint density at radius 3 is 2.79 bits per heavy atom. The molecule has 74 valence electrons. The van der Waals surface area contributed by atoms with E-state index in [1.807, 2.05) is 0 Å². The molecule has 0 radical (unpaired) electrons. The lowest BCUT2D eigenvalue weighted by Crippen LogP contribution is -2.21. The highest BCUT2D eigenvalue weighted by atomic mass is 35.5. The third kappa shape index (κ3) is 2.70. The molecule has 1 rings (SSSR count). The van der Waals surface area contributed by atoms with Crippen molar-refractivity contribution in [3.05, 3.63) is 34.6 Å². The maximum Gasteiger partial charge on any atom is 0.211 e. The molecule has 1 aromatic rings. The number of rotatable bonds is 2. The molecule has 0 aliphatic rings. The Bertz CT molecular complexity index is 385. The molecule has 14 heavy (non-hydrogen) atoms. The summed E-state index contributed by atoms with van der Waals surface area (Å²) in [7, 11) is 0. The molecule has 0 amide bonds. The Hall–Kier alpha value is -1.62. The zero-order valence-corrected chi connectivity index (χ0v) is 7.87. The maximum absolute atomic E-state index is 12.9. The lowest BCUT2D eigenvalue weighted by molar-refractivity contribution is 0.628. The monoisotopic (exact) mass is 214 g/mol. The molecule has 6 heteroatoms. The van der Waals surface area contributed by atoms with Gasteiger partial charge in [-0.1, -0.05) is 23.7 Å². The molecule has 0 aliphatic carbocycles. The summed E-state index contributed by atoms with van der Waals surface area (Å²) < 4.78 is 12.9. The van der Waals surface area contributed by atoms with E-state index in [-0.39, 0.29) is 11.0 Å². The van der Waals surface area contributed by atoms with Crippen LogP contribution in [0.25, 0.3) is 0 Å². The molecule has 0 heterocycles. The van der Waals surface area contributed by atoms with Gasteiger partial charge in [0.05, 0.1) is 11.2 Å². The number of hydrogen-bond acceptors (Lipinski definition) is 2.